The van der Waals surface area contributed by atoms with Crippen molar-refractivity contribution in [2.75, 3.05) is 13.1 Å². The molecule has 1 aliphatic heterocycles. The first-order chi connectivity index (χ1) is 9.70. The van der Waals surface area contributed by atoms with Gasteiger partial charge in [0.25, 0.3) is 0 Å². The lowest BCUT2D eigenvalue weighted by atomic mass is 10.1. The fourth-order valence-electron chi connectivity index (χ4n) is 2.41. The maximum absolute atomic E-state index is 13.1. The van der Waals surface area contributed by atoms with Gasteiger partial charge in [-0.05, 0) is 25.1 Å². The minimum atomic E-state index is -0.195. The van der Waals surface area contributed by atoms with Gasteiger partial charge in [-0.15, -0.1) is 11.3 Å². The van der Waals surface area contributed by atoms with Crippen LogP contribution in [0.3, 0.4) is 0 Å². The van der Waals surface area contributed by atoms with Gasteiger partial charge in [0.2, 0.25) is 0 Å². The molecule has 1 unspecified atom stereocenters. The molecular formula is C15H17FN2OS. The predicted molar refractivity (Wildman–Crippen MR) is 77.9 cm³/mol. The standard InChI is InChI=1S/C15H17FN2OS/c1-10-18-13(9-20-10)4-5-17-8-14-7-11-6-12(16)2-3-15(11)19-14/h2-3,6,9,14,17H,4-5,7-8H2,1H3. The zero-order valence-corrected chi connectivity index (χ0v) is 12.2. The summed E-state index contributed by atoms with van der Waals surface area (Å²) in [4.78, 5) is 4.43. The molecule has 0 saturated heterocycles. The van der Waals surface area contributed by atoms with E-state index in [1.54, 1.807) is 23.5 Å². The summed E-state index contributed by atoms with van der Waals surface area (Å²) < 4.78 is 18.9. The number of ether oxygens (including phenoxy) is 1. The van der Waals surface area contributed by atoms with Crippen LogP contribution in [0.5, 0.6) is 5.75 Å². The summed E-state index contributed by atoms with van der Waals surface area (Å²) in [5.41, 5.74) is 2.10. The highest BCUT2D eigenvalue weighted by atomic mass is 32.1. The Morgan fingerprint density at radius 2 is 2.40 bits per heavy atom. The number of nitrogens with one attached hydrogen (secondary N) is 1. The number of nitrogens with zero attached hydrogens (tertiary/aromatic N) is 1. The molecule has 20 heavy (non-hydrogen) atoms. The Bertz CT molecular complexity index is 599. The summed E-state index contributed by atoms with van der Waals surface area (Å²) >= 11 is 1.68. The van der Waals surface area contributed by atoms with E-state index in [0.717, 1.165) is 47.9 Å². The third-order valence-electron chi connectivity index (χ3n) is 3.36. The Kier molecular flexibility index (Phi) is 3.98. The summed E-state index contributed by atoms with van der Waals surface area (Å²) in [6.07, 6.45) is 1.80. The van der Waals surface area contributed by atoms with Crippen LogP contribution in [-0.4, -0.2) is 24.2 Å². The van der Waals surface area contributed by atoms with Crippen LogP contribution in [0.15, 0.2) is 23.6 Å². The lowest BCUT2D eigenvalue weighted by molar-refractivity contribution is 0.228. The molecule has 2 heterocycles. The predicted octanol–water partition coefficient (Wildman–Crippen LogP) is 2.73. The summed E-state index contributed by atoms with van der Waals surface area (Å²) in [7, 11) is 0. The molecule has 2 aromatic rings. The van der Waals surface area contributed by atoms with Crippen molar-refractivity contribution in [2.24, 2.45) is 0 Å². The molecule has 0 bridgehead atoms. The molecule has 3 rings (SSSR count). The number of thiazole rings is 1. The minimum absolute atomic E-state index is 0.101. The van der Waals surface area contributed by atoms with Crippen LogP contribution in [0, 0.1) is 12.7 Å². The van der Waals surface area contributed by atoms with Crippen molar-refractivity contribution in [3.05, 3.63) is 45.7 Å². The van der Waals surface area contributed by atoms with E-state index in [2.05, 4.69) is 15.7 Å². The van der Waals surface area contributed by atoms with E-state index >= 15 is 0 Å². The van der Waals surface area contributed by atoms with E-state index in [1.165, 1.54) is 6.07 Å². The molecular weight excluding hydrogens is 275 g/mol. The number of aryl methyl sites for hydroxylation is 1. The fraction of sp³-hybridized carbons (Fsp3) is 0.400. The van der Waals surface area contributed by atoms with Gasteiger partial charge in [-0.1, -0.05) is 0 Å². The van der Waals surface area contributed by atoms with Crippen molar-refractivity contribution in [3.8, 4) is 5.75 Å². The summed E-state index contributed by atoms with van der Waals surface area (Å²) in [6, 6.07) is 4.72. The van der Waals surface area contributed by atoms with Crippen molar-refractivity contribution in [1.29, 1.82) is 0 Å². The number of hydrogen-bond acceptors (Lipinski definition) is 4. The molecule has 1 aromatic heterocycles. The van der Waals surface area contributed by atoms with Crippen molar-refractivity contribution in [2.45, 2.75) is 25.9 Å². The topological polar surface area (TPSA) is 34.2 Å². The second-order valence-electron chi connectivity index (χ2n) is 5.01. The summed E-state index contributed by atoms with van der Waals surface area (Å²) in [6.45, 7) is 3.68. The average molecular weight is 292 g/mol. The van der Waals surface area contributed by atoms with Gasteiger partial charge in [-0.2, -0.15) is 0 Å². The van der Waals surface area contributed by atoms with Crippen LogP contribution in [0.1, 0.15) is 16.3 Å². The van der Waals surface area contributed by atoms with Gasteiger partial charge >= 0.3 is 0 Å². The zero-order chi connectivity index (χ0) is 13.9. The third kappa shape index (κ3) is 3.16. The zero-order valence-electron chi connectivity index (χ0n) is 11.4. The number of hydrogen-bond donors (Lipinski definition) is 1. The minimum Gasteiger partial charge on any atom is -0.488 e. The number of halogens is 1. The Labute approximate surface area is 121 Å². The number of benzene rings is 1. The van der Waals surface area contributed by atoms with E-state index < -0.39 is 0 Å². The van der Waals surface area contributed by atoms with Gasteiger partial charge in [0.1, 0.15) is 17.7 Å². The normalized spacial score (nSPS) is 17.0. The Morgan fingerprint density at radius 1 is 1.50 bits per heavy atom. The fourth-order valence-corrected chi connectivity index (χ4v) is 3.05. The molecule has 1 aliphatic rings. The Morgan fingerprint density at radius 3 is 3.20 bits per heavy atom. The molecule has 0 radical (unpaired) electrons. The monoisotopic (exact) mass is 292 g/mol. The maximum atomic E-state index is 13.1. The molecule has 1 aromatic carbocycles. The van der Waals surface area contributed by atoms with Crippen molar-refractivity contribution in [3.63, 3.8) is 0 Å². The highest BCUT2D eigenvalue weighted by Crippen LogP contribution is 2.28. The lowest BCUT2D eigenvalue weighted by Gasteiger charge is -2.11. The number of rotatable bonds is 5. The first-order valence-corrected chi connectivity index (χ1v) is 7.65. The smallest absolute Gasteiger partial charge is 0.123 e. The van der Waals surface area contributed by atoms with Gasteiger partial charge in [-0.25, -0.2) is 9.37 Å². The van der Waals surface area contributed by atoms with E-state index in [9.17, 15) is 4.39 Å². The van der Waals surface area contributed by atoms with Crippen molar-refractivity contribution < 1.29 is 9.13 Å². The second-order valence-corrected chi connectivity index (χ2v) is 6.07. The average Bonchev–Trinajstić information content (AvgIpc) is 3.00. The number of fused-ring (bicyclic) bond motifs is 1. The van der Waals surface area contributed by atoms with E-state index in [1.807, 2.05) is 6.92 Å². The molecule has 0 aliphatic carbocycles. The molecule has 3 nitrogen and oxygen atoms in total. The quantitative estimate of drug-likeness (QED) is 0.860. The molecule has 5 heteroatoms. The van der Waals surface area contributed by atoms with E-state index in [0.29, 0.717) is 0 Å². The van der Waals surface area contributed by atoms with Gasteiger partial charge < -0.3 is 10.1 Å². The van der Waals surface area contributed by atoms with Gasteiger partial charge in [0.05, 0.1) is 10.7 Å². The van der Waals surface area contributed by atoms with E-state index in [-0.39, 0.29) is 11.9 Å². The maximum Gasteiger partial charge on any atom is 0.123 e. The molecule has 106 valence electrons. The van der Waals surface area contributed by atoms with Gasteiger partial charge in [0, 0.05) is 36.9 Å². The van der Waals surface area contributed by atoms with Crippen LogP contribution in [0.25, 0.3) is 0 Å². The second kappa shape index (κ2) is 5.89. The van der Waals surface area contributed by atoms with Crippen LogP contribution < -0.4 is 10.1 Å². The molecule has 0 saturated carbocycles. The summed E-state index contributed by atoms with van der Waals surface area (Å²) in [5.74, 6) is 0.619. The first kappa shape index (κ1) is 13.5. The van der Waals surface area contributed by atoms with Gasteiger partial charge in [0.15, 0.2) is 0 Å². The SMILES string of the molecule is Cc1nc(CCNCC2Cc3cc(F)ccc3O2)cs1. The third-order valence-corrected chi connectivity index (χ3v) is 4.18. The number of aromatic nitrogens is 1. The molecule has 0 amide bonds. The van der Waals surface area contributed by atoms with Gasteiger partial charge in [-0.3, -0.25) is 0 Å². The van der Waals surface area contributed by atoms with Crippen molar-refractivity contribution in [1.82, 2.24) is 10.3 Å². The highest BCUT2D eigenvalue weighted by Gasteiger charge is 2.22. The van der Waals surface area contributed by atoms with Crippen LogP contribution in [0.4, 0.5) is 4.39 Å². The molecule has 0 spiro atoms. The first-order valence-electron chi connectivity index (χ1n) is 6.77. The van der Waals surface area contributed by atoms with Crippen molar-refractivity contribution >= 4 is 11.3 Å². The Hall–Kier alpha value is -1.46. The molecule has 1 atom stereocenters. The van der Waals surface area contributed by atoms with E-state index in [4.69, 9.17) is 4.74 Å². The molecule has 0 fully saturated rings. The largest absolute Gasteiger partial charge is 0.488 e. The summed E-state index contributed by atoms with van der Waals surface area (Å²) in [5, 5.41) is 6.59. The lowest BCUT2D eigenvalue weighted by Crippen LogP contribution is -2.31. The highest BCUT2D eigenvalue weighted by molar-refractivity contribution is 7.09. The van der Waals surface area contributed by atoms with Crippen LogP contribution >= 0.6 is 11.3 Å². The van der Waals surface area contributed by atoms with Crippen LogP contribution in [-0.2, 0) is 12.8 Å². The van der Waals surface area contributed by atoms with Crippen LogP contribution in [0.2, 0.25) is 0 Å². The molecule has 1 N–H and O–H groups in total. The Balaban J connectivity index is 1.42.